The second-order valence-electron chi connectivity index (χ2n) is 5.50. The monoisotopic (exact) mass is 304 g/mol. The van der Waals surface area contributed by atoms with Gasteiger partial charge >= 0.3 is 0 Å². The van der Waals surface area contributed by atoms with E-state index in [9.17, 15) is 4.79 Å². The summed E-state index contributed by atoms with van der Waals surface area (Å²) in [6, 6.07) is 6.20. The number of rotatable bonds is 4. The quantitative estimate of drug-likeness (QED) is 0.815. The van der Waals surface area contributed by atoms with Crippen LogP contribution in [0.25, 0.3) is 5.65 Å². The van der Waals surface area contributed by atoms with Crippen LogP contribution in [-0.4, -0.2) is 44.2 Å². The van der Waals surface area contributed by atoms with Gasteiger partial charge in [-0.3, -0.25) is 9.20 Å². The zero-order valence-corrected chi connectivity index (χ0v) is 13.1. The summed E-state index contributed by atoms with van der Waals surface area (Å²) < 4.78 is 1.92. The molecule has 1 amide bonds. The topological polar surface area (TPSA) is 50.5 Å². The van der Waals surface area contributed by atoms with Gasteiger partial charge in [-0.25, -0.2) is 0 Å². The lowest BCUT2D eigenvalue weighted by atomic mass is 9.94. The molecule has 0 atom stereocenters. The van der Waals surface area contributed by atoms with Crippen molar-refractivity contribution >= 4 is 23.3 Å². The number of carbonyl (C=O) groups is 1. The molecular formula is C15H20N4OS. The van der Waals surface area contributed by atoms with Crippen molar-refractivity contribution in [2.45, 2.75) is 43.3 Å². The van der Waals surface area contributed by atoms with Crippen molar-refractivity contribution in [1.82, 2.24) is 19.5 Å². The summed E-state index contributed by atoms with van der Waals surface area (Å²) in [7, 11) is 1.93. The number of carbonyl (C=O) groups excluding carboxylic acids is 1. The minimum Gasteiger partial charge on any atom is -0.342 e. The summed E-state index contributed by atoms with van der Waals surface area (Å²) in [5, 5.41) is 9.02. The summed E-state index contributed by atoms with van der Waals surface area (Å²) in [6.07, 6.45) is 7.99. The number of aromatic nitrogens is 3. The molecule has 112 valence electrons. The van der Waals surface area contributed by atoms with Gasteiger partial charge in [-0.2, -0.15) is 0 Å². The van der Waals surface area contributed by atoms with Crippen molar-refractivity contribution in [3.63, 3.8) is 0 Å². The molecule has 0 aliphatic heterocycles. The number of fused-ring (bicyclic) bond motifs is 1. The second kappa shape index (κ2) is 6.47. The minimum atomic E-state index is 0.180. The Morgan fingerprint density at radius 1 is 1.33 bits per heavy atom. The van der Waals surface area contributed by atoms with Crippen LogP contribution >= 0.6 is 11.8 Å². The van der Waals surface area contributed by atoms with Gasteiger partial charge in [0.15, 0.2) is 10.8 Å². The molecule has 0 unspecified atom stereocenters. The van der Waals surface area contributed by atoms with Crippen molar-refractivity contribution in [3.05, 3.63) is 24.4 Å². The van der Waals surface area contributed by atoms with Crippen molar-refractivity contribution in [1.29, 1.82) is 0 Å². The Hall–Kier alpha value is -1.56. The minimum absolute atomic E-state index is 0.180. The zero-order chi connectivity index (χ0) is 14.7. The van der Waals surface area contributed by atoms with Crippen LogP contribution in [0.1, 0.15) is 32.1 Å². The molecule has 0 saturated heterocycles. The SMILES string of the molecule is CN(C(=O)CSc1nnc2ccccn12)C1CCCCC1. The van der Waals surface area contributed by atoms with Crippen molar-refractivity contribution in [3.8, 4) is 0 Å². The van der Waals surface area contributed by atoms with Gasteiger partial charge in [0.25, 0.3) is 0 Å². The Morgan fingerprint density at radius 3 is 2.95 bits per heavy atom. The number of pyridine rings is 1. The predicted octanol–water partition coefficient (Wildman–Crippen LogP) is 2.61. The van der Waals surface area contributed by atoms with E-state index in [2.05, 4.69) is 10.2 Å². The summed E-state index contributed by atoms with van der Waals surface area (Å²) >= 11 is 1.46. The molecule has 0 aromatic carbocycles. The molecule has 2 aromatic rings. The highest BCUT2D eigenvalue weighted by Gasteiger charge is 2.22. The largest absolute Gasteiger partial charge is 0.342 e. The van der Waals surface area contributed by atoms with Gasteiger partial charge < -0.3 is 4.90 Å². The predicted molar refractivity (Wildman–Crippen MR) is 83.4 cm³/mol. The average Bonchev–Trinajstić information content (AvgIpc) is 2.96. The number of thioether (sulfide) groups is 1. The van der Waals surface area contributed by atoms with E-state index in [0.717, 1.165) is 23.6 Å². The number of amides is 1. The third-order valence-corrected chi connectivity index (χ3v) is 5.05. The summed E-state index contributed by atoms with van der Waals surface area (Å²) in [6.45, 7) is 0. The molecule has 2 aromatic heterocycles. The highest BCUT2D eigenvalue weighted by molar-refractivity contribution is 7.99. The first-order valence-corrected chi connectivity index (χ1v) is 8.42. The molecule has 0 N–H and O–H groups in total. The Kier molecular flexibility index (Phi) is 4.43. The lowest BCUT2D eigenvalue weighted by Gasteiger charge is -2.31. The first kappa shape index (κ1) is 14.4. The Labute approximate surface area is 128 Å². The van der Waals surface area contributed by atoms with Crippen LogP contribution in [0.4, 0.5) is 0 Å². The maximum absolute atomic E-state index is 12.3. The standard InChI is InChI=1S/C15H20N4OS/c1-18(12-7-3-2-4-8-12)14(20)11-21-15-17-16-13-9-5-6-10-19(13)15/h5-6,9-10,12H,2-4,7-8,11H2,1H3. The van der Waals surface area contributed by atoms with Gasteiger partial charge in [-0.1, -0.05) is 37.1 Å². The number of hydrogen-bond donors (Lipinski definition) is 0. The van der Waals surface area contributed by atoms with Crippen molar-refractivity contribution in [2.24, 2.45) is 0 Å². The van der Waals surface area contributed by atoms with Gasteiger partial charge in [-0.05, 0) is 25.0 Å². The third kappa shape index (κ3) is 3.20. The molecule has 1 aliphatic carbocycles. The van der Waals surface area contributed by atoms with Gasteiger partial charge in [0.05, 0.1) is 5.75 Å². The first-order valence-electron chi connectivity index (χ1n) is 7.44. The van der Waals surface area contributed by atoms with Gasteiger partial charge in [0.1, 0.15) is 0 Å². The number of hydrogen-bond acceptors (Lipinski definition) is 4. The summed E-state index contributed by atoms with van der Waals surface area (Å²) in [5.41, 5.74) is 0.813. The highest BCUT2D eigenvalue weighted by Crippen LogP contribution is 2.23. The zero-order valence-electron chi connectivity index (χ0n) is 12.2. The van der Waals surface area contributed by atoms with E-state index in [4.69, 9.17) is 0 Å². The van der Waals surface area contributed by atoms with Crippen LogP contribution in [0.5, 0.6) is 0 Å². The molecule has 5 nitrogen and oxygen atoms in total. The van der Waals surface area contributed by atoms with E-state index in [0.29, 0.717) is 11.8 Å². The molecule has 21 heavy (non-hydrogen) atoms. The lowest BCUT2D eigenvalue weighted by molar-refractivity contribution is -0.129. The van der Waals surface area contributed by atoms with Crippen LogP contribution in [0.3, 0.4) is 0 Å². The molecule has 1 saturated carbocycles. The summed E-state index contributed by atoms with van der Waals surface area (Å²) in [5.74, 6) is 0.600. The van der Waals surface area contributed by atoms with Crippen LogP contribution in [0.15, 0.2) is 29.6 Å². The normalized spacial score (nSPS) is 16.2. The van der Waals surface area contributed by atoms with E-state index in [1.165, 1.54) is 31.0 Å². The van der Waals surface area contributed by atoms with E-state index >= 15 is 0 Å². The molecule has 0 spiro atoms. The van der Waals surface area contributed by atoms with E-state index in [1.54, 1.807) is 0 Å². The Balaban J connectivity index is 1.60. The fraction of sp³-hybridized carbons (Fsp3) is 0.533. The Bertz CT molecular complexity index is 621. The molecule has 6 heteroatoms. The Morgan fingerprint density at radius 2 is 2.14 bits per heavy atom. The molecule has 0 radical (unpaired) electrons. The maximum atomic E-state index is 12.3. The van der Waals surface area contributed by atoms with Crippen LogP contribution in [-0.2, 0) is 4.79 Å². The first-order chi connectivity index (χ1) is 10.3. The smallest absolute Gasteiger partial charge is 0.233 e. The highest BCUT2D eigenvalue weighted by atomic mass is 32.2. The maximum Gasteiger partial charge on any atom is 0.233 e. The van der Waals surface area contributed by atoms with E-state index < -0.39 is 0 Å². The second-order valence-corrected chi connectivity index (χ2v) is 6.44. The number of nitrogens with zero attached hydrogens (tertiary/aromatic N) is 4. The fourth-order valence-corrected chi connectivity index (χ4v) is 3.67. The van der Waals surface area contributed by atoms with E-state index in [-0.39, 0.29) is 5.91 Å². The molecule has 1 fully saturated rings. The molecular weight excluding hydrogens is 284 g/mol. The molecule has 3 rings (SSSR count). The summed E-state index contributed by atoms with van der Waals surface area (Å²) in [4.78, 5) is 14.2. The van der Waals surface area contributed by atoms with Gasteiger partial charge in [0, 0.05) is 19.3 Å². The average molecular weight is 304 g/mol. The van der Waals surface area contributed by atoms with Crippen LogP contribution in [0.2, 0.25) is 0 Å². The van der Waals surface area contributed by atoms with Crippen LogP contribution < -0.4 is 0 Å². The van der Waals surface area contributed by atoms with Gasteiger partial charge in [0.2, 0.25) is 5.91 Å². The molecule has 1 aliphatic rings. The van der Waals surface area contributed by atoms with Crippen molar-refractivity contribution in [2.75, 3.05) is 12.8 Å². The van der Waals surface area contributed by atoms with E-state index in [1.807, 2.05) is 40.7 Å². The van der Waals surface area contributed by atoms with Crippen LogP contribution in [0, 0.1) is 0 Å². The molecule has 0 bridgehead atoms. The molecule has 2 heterocycles. The van der Waals surface area contributed by atoms with Crippen molar-refractivity contribution < 1.29 is 4.79 Å². The lowest BCUT2D eigenvalue weighted by Crippen LogP contribution is -2.39. The third-order valence-electron chi connectivity index (χ3n) is 4.12. The fourth-order valence-electron chi connectivity index (χ4n) is 2.82. The van der Waals surface area contributed by atoms with Gasteiger partial charge in [-0.15, -0.1) is 10.2 Å².